The molecule has 0 bridgehead atoms. The molecule has 1 amide bonds. The molecule has 0 aliphatic heterocycles. The van der Waals surface area contributed by atoms with Crippen LogP contribution in [0.5, 0.6) is 0 Å². The molecular weight excluding hydrogens is 282 g/mol. The zero-order valence-corrected chi connectivity index (χ0v) is 14.3. The lowest BCUT2D eigenvalue weighted by molar-refractivity contribution is -0.117. The number of carbonyl (C=O) groups excluding carboxylic acids is 1. The fraction of sp³-hybridized carbons (Fsp3) is 0.562. The van der Waals surface area contributed by atoms with Crippen LogP contribution in [0, 0.1) is 6.92 Å². The molecule has 118 valence electrons. The Balaban J connectivity index is 2.74. The monoisotopic (exact) mass is 309 g/mol. The molecule has 1 atom stereocenters. The number of benzene rings is 1. The maximum atomic E-state index is 12.0. The minimum atomic E-state index is -0.445. The number of nitrogens with one attached hydrogen (secondary N) is 1. The van der Waals surface area contributed by atoms with E-state index < -0.39 is 6.04 Å². The molecule has 1 rings (SSSR count). The van der Waals surface area contributed by atoms with Crippen molar-refractivity contribution in [2.45, 2.75) is 33.2 Å². The molecule has 21 heavy (non-hydrogen) atoms. The summed E-state index contributed by atoms with van der Waals surface area (Å²) in [7, 11) is 0. The third kappa shape index (κ3) is 5.25. The Morgan fingerprint density at radius 3 is 2.57 bits per heavy atom. The first-order valence-corrected chi connectivity index (χ1v) is 8.83. The standard InChI is InChI=1S/C16H27N3OS/c1-5-19(6-2)13-7-8-15(12(3)11-13)18-16(20)14(17)9-10-21-4/h7-8,11,14H,5-6,9-10,17H2,1-4H3,(H,18,20)/t14-/m0/s1. The minimum absolute atomic E-state index is 0.109. The topological polar surface area (TPSA) is 58.4 Å². The van der Waals surface area contributed by atoms with E-state index in [1.54, 1.807) is 11.8 Å². The zero-order chi connectivity index (χ0) is 15.8. The molecule has 0 aliphatic carbocycles. The second-order valence-electron chi connectivity index (χ2n) is 5.05. The van der Waals surface area contributed by atoms with Crippen molar-refractivity contribution in [3.8, 4) is 0 Å². The largest absolute Gasteiger partial charge is 0.372 e. The molecule has 0 aromatic heterocycles. The van der Waals surface area contributed by atoms with E-state index in [9.17, 15) is 4.79 Å². The Morgan fingerprint density at radius 1 is 1.38 bits per heavy atom. The molecule has 0 unspecified atom stereocenters. The van der Waals surface area contributed by atoms with Crippen molar-refractivity contribution in [2.24, 2.45) is 5.73 Å². The number of aryl methyl sites for hydroxylation is 1. The average Bonchev–Trinajstić information content (AvgIpc) is 2.48. The second-order valence-corrected chi connectivity index (χ2v) is 6.03. The first-order valence-electron chi connectivity index (χ1n) is 7.44. The van der Waals surface area contributed by atoms with Crippen LogP contribution in [0.4, 0.5) is 11.4 Å². The van der Waals surface area contributed by atoms with Crippen LogP contribution in [0.2, 0.25) is 0 Å². The van der Waals surface area contributed by atoms with E-state index in [4.69, 9.17) is 5.73 Å². The molecule has 3 N–H and O–H groups in total. The van der Waals surface area contributed by atoms with Crippen molar-refractivity contribution in [1.29, 1.82) is 0 Å². The smallest absolute Gasteiger partial charge is 0.241 e. The first-order chi connectivity index (χ1) is 10.0. The number of anilines is 2. The Labute approximate surface area is 132 Å². The summed E-state index contributed by atoms with van der Waals surface area (Å²) in [4.78, 5) is 14.3. The second kappa shape index (κ2) is 8.95. The Morgan fingerprint density at radius 2 is 2.05 bits per heavy atom. The van der Waals surface area contributed by atoms with E-state index in [1.807, 2.05) is 25.3 Å². The van der Waals surface area contributed by atoms with Crippen molar-refractivity contribution >= 4 is 29.0 Å². The van der Waals surface area contributed by atoms with Gasteiger partial charge in [-0.25, -0.2) is 0 Å². The highest BCUT2D eigenvalue weighted by Crippen LogP contribution is 2.22. The van der Waals surface area contributed by atoms with Crippen LogP contribution >= 0.6 is 11.8 Å². The van der Waals surface area contributed by atoms with E-state index in [2.05, 4.69) is 30.1 Å². The van der Waals surface area contributed by atoms with Gasteiger partial charge in [-0.05, 0) is 63.0 Å². The van der Waals surface area contributed by atoms with Crippen LogP contribution in [0.3, 0.4) is 0 Å². The number of nitrogens with two attached hydrogens (primary N) is 1. The molecule has 4 nitrogen and oxygen atoms in total. The highest BCUT2D eigenvalue weighted by atomic mass is 32.2. The summed E-state index contributed by atoms with van der Waals surface area (Å²) in [6.45, 7) is 8.23. The fourth-order valence-corrected chi connectivity index (χ4v) is 2.66. The molecular formula is C16H27N3OS. The van der Waals surface area contributed by atoms with E-state index in [0.717, 1.165) is 30.1 Å². The average molecular weight is 309 g/mol. The number of carbonyl (C=O) groups is 1. The van der Waals surface area contributed by atoms with Gasteiger partial charge < -0.3 is 16.0 Å². The van der Waals surface area contributed by atoms with Gasteiger partial charge in [0.15, 0.2) is 0 Å². The van der Waals surface area contributed by atoms with E-state index >= 15 is 0 Å². The van der Waals surface area contributed by atoms with Crippen molar-refractivity contribution in [2.75, 3.05) is 35.3 Å². The molecule has 0 aliphatic rings. The molecule has 0 heterocycles. The highest BCUT2D eigenvalue weighted by Gasteiger charge is 2.14. The molecule has 0 fully saturated rings. The fourth-order valence-electron chi connectivity index (χ4n) is 2.17. The van der Waals surface area contributed by atoms with E-state index in [0.29, 0.717) is 6.42 Å². The van der Waals surface area contributed by atoms with Gasteiger partial charge in [-0.1, -0.05) is 0 Å². The maximum Gasteiger partial charge on any atom is 0.241 e. The lowest BCUT2D eigenvalue weighted by atomic mass is 10.1. The van der Waals surface area contributed by atoms with Gasteiger partial charge in [0.05, 0.1) is 6.04 Å². The van der Waals surface area contributed by atoms with Gasteiger partial charge >= 0.3 is 0 Å². The third-order valence-electron chi connectivity index (χ3n) is 3.57. The Bertz CT molecular complexity index is 461. The normalized spacial score (nSPS) is 12.0. The van der Waals surface area contributed by atoms with E-state index in [-0.39, 0.29) is 5.91 Å². The van der Waals surface area contributed by atoms with Crippen molar-refractivity contribution < 1.29 is 4.79 Å². The summed E-state index contributed by atoms with van der Waals surface area (Å²) in [6.07, 6.45) is 2.71. The number of thioether (sulfide) groups is 1. The predicted octanol–water partition coefficient (Wildman–Crippen LogP) is 2.86. The van der Waals surface area contributed by atoms with Crippen LogP contribution < -0.4 is 16.0 Å². The van der Waals surface area contributed by atoms with Gasteiger partial charge in [-0.15, -0.1) is 0 Å². The summed E-state index contributed by atoms with van der Waals surface area (Å²) < 4.78 is 0. The Kier molecular flexibility index (Phi) is 7.61. The number of nitrogens with zero attached hydrogens (tertiary/aromatic N) is 1. The van der Waals surface area contributed by atoms with Gasteiger partial charge in [0.2, 0.25) is 5.91 Å². The first kappa shape index (κ1) is 17.9. The summed E-state index contributed by atoms with van der Waals surface area (Å²) in [5.74, 6) is 0.789. The lowest BCUT2D eigenvalue weighted by Crippen LogP contribution is -2.36. The molecule has 1 aromatic carbocycles. The SMILES string of the molecule is CCN(CC)c1ccc(NC(=O)[C@@H](N)CCSC)c(C)c1. The van der Waals surface area contributed by atoms with Gasteiger partial charge in [0, 0.05) is 24.5 Å². The summed E-state index contributed by atoms with van der Waals surface area (Å²) in [5, 5.41) is 2.93. The summed E-state index contributed by atoms with van der Waals surface area (Å²) in [5.41, 5.74) is 8.97. The predicted molar refractivity (Wildman–Crippen MR) is 94.3 cm³/mol. The summed E-state index contributed by atoms with van der Waals surface area (Å²) >= 11 is 1.70. The van der Waals surface area contributed by atoms with Gasteiger partial charge in [-0.3, -0.25) is 4.79 Å². The van der Waals surface area contributed by atoms with Gasteiger partial charge in [-0.2, -0.15) is 11.8 Å². The third-order valence-corrected chi connectivity index (χ3v) is 4.21. The highest BCUT2D eigenvalue weighted by molar-refractivity contribution is 7.98. The number of rotatable bonds is 8. The molecule has 0 saturated heterocycles. The van der Waals surface area contributed by atoms with Gasteiger partial charge in [0.1, 0.15) is 0 Å². The molecule has 0 saturated carbocycles. The quantitative estimate of drug-likeness (QED) is 0.775. The van der Waals surface area contributed by atoms with E-state index in [1.165, 1.54) is 5.69 Å². The Hall–Kier alpha value is -1.20. The van der Waals surface area contributed by atoms with Crippen LogP contribution in [0.1, 0.15) is 25.8 Å². The maximum absolute atomic E-state index is 12.0. The molecule has 0 radical (unpaired) electrons. The van der Waals surface area contributed by atoms with Crippen LogP contribution in [-0.2, 0) is 4.79 Å². The zero-order valence-electron chi connectivity index (χ0n) is 13.5. The van der Waals surface area contributed by atoms with Crippen molar-refractivity contribution in [3.63, 3.8) is 0 Å². The molecule has 0 spiro atoms. The number of hydrogen-bond acceptors (Lipinski definition) is 4. The van der Waals surface area contributed by atoms with Crippen molar-refractivity contribution in [1.82, 2.24) is 0 Å². The number of amides is 1. The molecule has 5 heteroatoms. The minimum Gasteiger partial charge on any atom is -0.372 e. The lowest BCUT2D eigenvalue weighted by Gasteiger charge is -2.22. The van der Waals surface area contributed by atoms with Crippen LogP contribution in [-0.4, -0.2) is 37.0 Å². The van der Waals surface area contributed by atoms with Gasteiger partial charge in [0.25, 0.3) is 0 Å². The number of hydrogen-bond donors (Lipinski definition) is 2. The van der Waals surface area contributed by atoms with Crippen LogP contribution in [0.25, 0.3) is 0 Å². The van der Waals surface area contributed by atoms with Crippen molar-refractivity contribution in [3.05, 3.63) is 23.8 Å². The van der Waals surface area contributed by atoms with Crippen LogP contribution in [0.15, 0.2) is 18.2 Å². The summed E-state index contributed by atoms with van der Waals surface area (Å²) in [6, 6.07) is 5.67. The molecule has 1 aromatic rings.